The molecular formula is C21H18Cl2F3N3O5S. The van der Waals surface area contributed by atoms with Crippen LogP contribution < -0.4 is 4.31 Å². The number of sulfonamides is 1. The van der Waals surface area contributed by atoms with E-state index in [4.69, 9.17) is 27.9 Å². The molecule has 0 N–H and O–H groups in total. The molecule has 0 saturated carbocycles. The van der Waals surface area contributed by atoms with Gasteiger partial charge in [-0.25, -0.2) is 13.2 Å². The summed E-state index contributed by atoms with van der Waals surface area (Å²) in [5, 5.41) is -0.0437. The Kier molecular flexibility index (Phi) is 6.82. The molecule has 2 aromatic carbocycles. The third-order valence-electron chi connectivity index (χ3n) is 5.69. The second kappa shape index (κ2) is 9.40. The Labute approximate surface area is 208 Å². The first-order chi connectivity index (χ1) is 16.4. The second-order valence-electron chi connectivity index (χ2n) is 7.89. The predicted octanol–water partition coefficient (Wildman–Crippen LogP) is 3.87. The lowest BCUT2D eigenvalue weighted by atomic mass is 10.2. The molecule has 8 nitrogen and oxygen atoms in total. The van der Waals surface area contributed by atoms with Crippen LogP contribution in [0.5, 0.6) is 0 Å². The highest BCUT2D eigenvalue weighted by Gasteiger charge is 2.40. The van der Waals surface area contributed by atoms with Crippen LogP contribution in [0, 0.1) is 0 Å². The third-order valence-corrected chi connectivity index (χ3v) is 8.04. The molecule has 2 saturated heterocycles. The van der Waals surface area contributed by atoms with Gasteiger partial charge in [-0.05, 0) is 42.5 Å². The SMILES string of the molecule is O=C(CN(c1cc(C(F)(F)F)ccc1Cl)S(=O)(=O)c1ccc(Cl)cc1)N1CCN2C(=O)OCC2C1. The summed E-state index contributed by atoms with van der Waals surface area (Å²) >= 11 is 12.0. The first-order valence-corrected chi connectivity index (χ1v) is 12.4. The molecule has 1 unspecified atom stereocenters. The number of amides is 2. The first-order valence-electron chi connectivity index (χ1n) is 10.2. The van der Waals surface area contributed by atoms with Crippen molar-refractivity contribution in [1.82, 2.24) is 9.80 Å². The molecule has 0 radical (unpaired) electrons. The standard InChI is InChI=1S/C21H18Cl2F3N3O5S/c22-14-2-4-16(5-3-14)35(32,33)29(18-9-13(21(24,25)26)1-6-17(18)23)11-19(30)27-7-8-28-15(10-27)12-34-20(28)31/h1-6,9,15H,7-8,10-12H2. The largest absolute Gasteiger partial charge is 0.447 e. The molecule has 14 heteroatoms. The minimum Gasteiger partial charge on any atom is -0.447 e. The molecule has 4 rings (SSSR count). The number of benzene rings is 2. The molecule has 0 bridgehead atoms. The van der Waals surface area contributed by atoms with Crippen LogP contribution in [0.3, 0.4) is 0 Å². The summed E-state index contributed by atoms with van der Waals surface area (Å²) in [6, 6.07) is 6.81. The van der Waals surface area contributed by atoms with Crippen LogP contribution in [0.4, 0.5) is 23.7 Å². The van der Waals surface area contributed by atoms with E-state index in [0.717, 1.165) is 12.1 Å². The maximum absolute atomic E-state index is 13.5. The Morgan fingerprint density at radius 2 is 1.80 bits per heavy atom. The number of fused-ring (bicyclic) bond motifs is 1. The molecule has 2 fully saturated rings. The zero-order valence-corrected chi connectivity index (χ0v) is 20.2. The molecular weight excluding hydrogens is 534 g/mol. The van der Waals surface area contributed by atoms with E-state index in [2.05, 4.69) is 0 Å². The zero-order valence-electron chi connectivity index (χ0n) is 17.8. The van der Waals surface area contributed by atoms with Gasteiger partial charge in [0.15, 0.2) is 0 Å². The number of carbonyl (C=O) groups excluding carboxylic acids is 2. The van der Waals surface area contributed by atoms with E-state index in [1.54, 1.807) is 0 Å². The summed E-state index contributed by atoms with van der Waals surface area (Å²) in [5.74, 6) is -0.671. The van der Waals surface area contributed by atoms with Crippen molar-refractivity contribution in [1.29, 1.82) is 0 Å². The van der Waals surface area contributed by atoms with Gasteiger partial charge in [0.2, 0.25) is 5.91 Å². The van der Waals surface area contributed by atoms with Gasteiger partial charge >= 0.3 is 12.3 Å². The van der Waals surface area contributed by atoms with Crippen molar-refractivity contribution < 1.29 is 35.9 Å². The number of piperazine rings is 1. The van der Waals surface area contributed by atoms with Crippen molar-refractivity contribution in [2.75, 3.05) is 37.1 Å². The van der Waals surface area contributed by atoms with Crippen molar-refractivity contribution in [2.45, 2.75) is 17.1 Å². The highest BCUT2D eigenvalue weighted by molar-refractivity contribution is 7.92. The van der Waals surface area contributed by atoms with Crippen molar-refractivity contribution >= 4 is 50.9 Å². The number of alkyl halides is 3. The van der Waals surface area contributed by atoms with Crippen molar-refractivity contribution in [2.24, 2.45) is 0 Å². The molecule has 188 valence electrons. The molecule has 1 atom stereocenters. The Bertz CT molecular complexity index is 1260. The summed E-state index contributed by atoms with van der Waals surface area (Å²) < 4.78 is 72.7. The maximum Gasteiger partial charge on any atom is 0.416 e. The van der Waals surface area contributed by atoms with Crippen molar-refractivity contribution in [3.63, 3.8) is 0 Å². The van der Waals surface area contributed by atoms with Gasteiger partial charge in [0.25, 0.3) is 10.0 Å². The lowest BCUT2D eigenvalue weighted by molar-refractivity contribution is -0.137. The van der Waals surface area contributed by atoms with Crippen molar-refractivity contribution in [3.05, 3.63) is 58.1 Å². The van der Waals surface area contributed by atoms with Crippen LogP contribution in [0.2, 0.25) is 10.0 Å². The summed E-state index contributed by atoms with van der Waals surface area (Å²) in [5.41, 5.74) is -1.63. The highest BCUT2D eigenvalue weighted by Crippen LogP contribution is 2.37. The van der Waals surface area contributed by atoms with Gasteiger partial charge in [-0.1, -0.05) is 23.2 Å². The molecule has 2 aliphatic heterocycles. The maximum atomic E-state index is 13.5. The number of rotatable bonds is 5. The quantitative estimate of drug-likeness (QED) is 0.563. The fraction of sp³-hybridized carbons (Fsp3) is 0.333. The van der Waals surface area contributed by atoms with Crippen LogP contribution in [0.1, 0.15) is 5.56 Å². The van der Waals surface area contributed by atoms with Gasteiger partial charge in [-0.15, -0.1) is 0 Å². The normalized spacial score (nSPS) is 18.3. The highest BCUT2D eigenvalue weighted by atomic mass is 35.5. The van der Waals surface area contributed by atoms with Gasteiger partial charge in [0.1, 0.15) is 13.2 Å². The molecule has 2 aromatic rings. The van der Waals surface area contributed by atoms with E-state index in [9.17, 15) is 31.2 Å². The Morgan fingerprint density at radius 3 is 2.46 bits per heavy atom. The minimum atomic E-state index is -4.77. The van der Waals surface area contributed by atoms with E-state index in [0.29, 0.717) is 10.4 Å². The van der Waals surface area contributed by atoms with E-state index < -0.39 is 52.0 Å². The summed E-state index contributed by atoms with van der Waals surface area (Å²) in [4.78, 5) is 27.4. The molecule has 2 aliphatic rings. The predicted molar refractivity (Wildman–Crippen MR) is 121 cm³/mol. The van der Waals surface area contributed by atoms with E-state index >= 15 is 0 Å². The number of carbonyl (C=O) groups is 2. The van der Waals surface area contributed by atoms with Gasteiger partial charge in [-0.2, -0.15) is 13.2 Å². The number of cyclic esters (lactones) is 1. The van der Waals surface area contributed by atoms with E-state index in [-0.39, 0.29) is 41.2 Å². The Hall–Kier alpha value is -2.70. The molecule has 0 aliphatic carbocycles. The molecule has 2 amide bonds. The monoisotopic (exact) mass is 551 g/mol. The first kappa shape index (κ1) is 25.4. The van der Waals surface area contributed by atoms with Crippen LogP contribution in [-0.2, 0) is 25.7 Å². The average molecular weight is 552 g/mol. The number of anilines is 1. The Morgan fingerprint density at radius 1 is 1.11 bits per heavy atom. The summed E-state index contributed by atoms with van der Waals surface area (Å²) in [6.07, 6.45) is -5.27. The van der Waals surface area contributed by atoms with Crippen LogP contribution >= 0.6 is 23.2 Å². The number of nitrogens with zero attached hydrogens (tertiary/aromatic N) is 3. The lowest BCUT2D eigenvalue weighted by Gasteiger charge is -2.36. The number of hydrogen-bond acceptors (Lipinski definition) is 5. The van der Waals surface area contributed by atoms with Crippen LogP contribution in [-0.4, -0.2) is 69.0 Å². The fourth-order valence-electron chi connectivity index (χ4n) is 3.85. The lowest BCUT2D eigenvalue weighted by Crippen LogP contribution is -2.55. The minimum absolute atomic E-state index is 0.0782. The molecule has 35 heavy (non-hydrogen) atoms. The van der Waals surface area contributed by atoms with Gasteiger partial charge in [-0.3, -0.25) is 14.0 Å². The third kappa shape index (κ3) is 5.14. The molecule has 2 heterocycles. The average Bonchev–Trinajstić information content (AvgIpc) is 3.17. The second-order valence-corrected chi connectivity index (χ2v) is 10.6. The van der Waals surface area contributed by atoms with Gasteiger partial charge in [0.05, 0.1) is 27.2 Å². The molecule has 0 spiro atoms. The fourth-order valence-corrected chi connectivity index (χ4v) is 5.67. The van der Waals surface area contributed by atoms with Crippen LogP contribution in [0.15, 0.2) is 47.4 Å². The topological polar surface area (TPSA) is 87.2 Å². The summed E-state index contributed by atoms with van der Waals surface area (Å²) in [7, 11) is -4.53. The Balaban J connectivity index is 1.71. The van der Waals surface area contributed by atoms with E-state index in [1.165, 1.54) is 34.1 Å². The number of hydrogen-bond donors (Lipinski definition) is 0. The van der Waals surface area contributed by atoms with Gasteiger partial charge in [0, 0.05) is 24.7 Å². The van der Waals surface area contributed by atoms with Crippen molar-refractivity contribution in [3.8, 4) is 0 Å². The van der Waals surface area contributed by atoms with Crippen LogP contribution in [0.25, 0.3) is 0 Å². The zero-order chi connectivity index (χ0) is 25.5. The molecule has 0 aromatic heterocycles. The number of ether oxygens (including phenoxy) is 1. The smallest absolute Gasteiger partial charge is 0.416 e. The van der Waals surface area contributed by atoms with E-state index in [1.807, 2.05) is 0 Å². The number of halogens is 5. The van der Waals surface area contributed by atoms with Gasteiger partial charge < -0.3 is 9.64 Å². The summed E-state index contributed by atoms with van der Waals surface area (Å²) in [6.45, 7) is -0.350.